The van der Waals surface area contributed by atoms with Crippen LogP contribution in [-0.2, 0) is 4.79 Å². The number of rotatable bonds is 4. The highest BCUT2D eigenvalue weighted by Gasteiger charge is 2.24. The van der Waals surface area contributed by atoms with Crippen molar-refractivity contribution in [1.82, 2.24) is 5.32 Å². The Labute approximate surface area is 140 Å². The zero-order valence-corrected chi connectivity index (χ0v) is 13.7. The number of ether oxygens (including phenoxy) is 1. The number of hydrogen-bond acceptors (Lipinski definition) is 3. The van der Waals surface area contributed by atoms with Crippen LogP contribution in [0.5, 0.6) is 11.5 Å². The van der Waals surface area contributed by atoms with Crippen molar-refractivity contribution in [2.75, 3.05) is 5.32 Å². The molecule has 1 amide bonds. The molecule has 0 saturated heterocycles. The van der Waals surface area contributed by atoms with E-state index in [0.717, 1.165) is 18.6 Å². The molecule has 2 aromatic rings. The van der Waals surface area contributed by atoms with Gasteiger partial charge >= 0.3 is 0 Å². The van der Waals surface area contributed by atoms with Crippen LogP contribution in [0.25, 0.3) is 0 Å². The topological polar surface area (TPSA) is 50.4 Å². The standard InChI is InChI=1S/C18H18N2O2S/c1-12-2-8-15(9-3-12)22-16-10-6-13(7-11-16)19-17(21)18(23)20-14-4-5-14/h2-3,6-11,14H,4-5H2,1H3,(H,19,21)(H,20,23). The van der Waals surface area contributed by atoms with Crippen molar-refractivity contribution in [1.29, 1.82) is 0 Å². The van der Waals surface area contributed by atoms with Crippen LogP contribution >= 0.6 is 12.2 Å². The van der Waals surface area contributed by atoms with Crippen molar-refractivity contribution in [3.05, 3.63) is 54.1 Å². The molecule has 2 aromatic carbocycles. The molecule has 2 N–H and O–H groups in total. The molecule has 4 nitrogen and oxygen atoms in total. The van der Waals surface area contributed by atoms with E-state index in [1.165, 1.54) is 5.56 Å². The van der Waals surface area contributed by atoms with Gasteiger partial charge in [0, 0.05) is 11.7 Å². The third kappa shape index (κ3) is 4.53. The van der Waals surface area contributed by atoms with Gasteiger partial charge in [-0.05, 0) is 56.2 Å². The highest BCUT2D eigenvalue weighted by molar-refractivity contribution is 7.82. The number of hydrogen-bond donors (Lipinski definition) is 2. The summed E-state index contributed by atoms with van der Waals surface area (Å²) in [6, 6.07) is 15.4. The molecule has 0 atom stereocenters. The van der Waals surface area contributed by atoms with Crippen LogP contribution in [0.2, 0.25) is 0 Å². The summed E-state index contributed by atoms with van der Waals surface area (Å²) in [5.74, 6) is 1.21. The quantitative estimate of drug-likeness (QED) is 0.839. The number of thiocarbonyl (C=S) groups is 1. The maximum atomic E-state index is 11.9. The van der Waals surface area contributed by atoms with Gasteiger partial charge in [0.1, 0.15) is 11.5 Å². The number of carbonyl (C=O) groups is 1. The van der Waals surface area contributed by atoms with Gasteiger partial charge in [-0.2, -0.15) is 0 Å². The number of benzene rings is 2. The Morgan fingerprint density at radius 1 is 1.04 bits per heavy atom. The average molecular weight is 326 g/mol. The van der Waals surface area contributed by atoms with Crippen LogP contribution in [0.15, 0.2) is 48.5 Å². The minimum atomic E-state index is -0.279. The lowest BCUT2D eigenvalue weighted by Crippen LogP contribution is -2.35. The van der Waals surface area contributed by atoms with E-state index in [2.05, 4.69) is 10.6 Å². The van der Waals surface area contributed by atoms with Crippen LogP contribution < -0.4 is 15.4 Å². The van der Waals surface area contributed by atoms with Gasteiger partial charge in [-0.3, -0.25) is 4.79 Å². The van der Waals surface area contributed by atoms with Gasteiger partial charge in [0.15, 0.2) is 4.99 Å². The molecule has 1 saturated carbocycles. The summed E-state index contributed by atoms with van der Waals surface area (Å²) in [4.78, 5) is 12.2. The number of nitrogens with one attached hydrogen (secondary N) is 2. The normalized spacial score (nSPS) is 13.3. The largest absolute Gasteiger partial charge is 0.457 e. The summed E-state index contributed by atoms with van der Waals surface area (Å²) in [7, 11) is 0. The summed E-state index contributed by atoms with van der Waals surface area (Å²) < 4.78 is 5.75. The van der Waals surface area contributed by atoms with E-state index in [1.54, 1.807) is 12.1 Å². The Morgan fingerprint density at radius 2 is 1.61 bits per heavy atom. The molecule has 1 aliphatic carbocycles. The van der Waals surface area contributed by atoms with E-state index in [1.807, 2.05) is 43.3 Å². The van der Waals surface area contributed by atoms with Crippen molar-refractivity contribution < 1.29 is 9.53 Å². The summed E-state index contributed by atoms with van der Waals surface area (Å²) in [6.45, 7) is 2.03. The predicted molar refractivity (Wildman–Crippen MR) is 95.1 cm³/mol. The predicted octanol–water partition coefficient (Wildman–Crippen LogP) is 3.81. The summed E-state index contributed by atoms with van der Waals surface area (Å²) in [5, 5.41) is 5.79. The lowest BCUT2D eigenvalue weighted by molar-refractivity contribution is -0.110. The van der Waals surface area contributed by atoms with Crippen molar-refractivity contribution in [2.45, 2.75) is 25.8 Å². The molecule has 0 radical (unpaired) electrons. The molecular weight excluding hydrogens is 308 g/mol. The van der Waals surface area contributed by atoms with E-state index in [4.69, 9.17) is 17.0 Å². The van der Waals surface area contributed by atoms with Crippen LogP contribution in [-0.4, -0.2) is 16.9 Å². The first-order valence-electron chi connectivity index (χ1n) is 7.56. The molecule has 1 aliphatic rings. The summed E-state index contributed by atoms with van der Waals surface area (Å²) in [6.07, 6.45) is 2.16. The average Bonchev–Trinajstić information content (AvgIpc) is 3.35. The molecule has 0 aromatic heterocycles. The van der Waals surface area contributed by atoms with Gasteiger partial charge in [-0.15, -0.1) is 0 Å². The lowest BCUT2D eigenvalue weighted by atomic mass is 10.2. The fourth-order valence-electron chi connectivity index (χ4n) is 2.02. The first-order chi connectivity index (χ1) is 11.1. The first-order valence-corrected chi connectivity index (χ1v) is 7.97. The fourth-order valence-corrected chi connectivity index (χ4v) is 2.23. The van der Waals surface area contributed by atoms with Gasteiger partial charge in [-0.25, -0.2) is 0 Å². The number of aryl methyl sites for hydroxylation is 1. The molecule has 118 valence electrons. The third-order valence-electron chi connectivity index (χ3n) is 3.49. The molecule has 3 rings (SSSR count). The molecule has 0 aliphatic heterocycles. The molecule has 0 heterocycles. The van der Waals surface area contributed by atoms with Gasteiger partial charge in [0.25, 0.3) is 5.91 Å². The monoisotopic (exact) mass is 326 g/mol. The SMILES string of the molecule is Cc1ccc(Oc2ccc(NC(=O)C(=S)NC3CC3)cc2)cc1. The third-order valence-corrected chi connectivity index (χ3v) is 3.79. The van der Waals surface area contributed by atoms with Crippen molar-refractivity contribution in [2.24, 2.45) is 0 Å². The zero-order valence-electron chi connectivity index (χ0n) is 12.8. The second kappa shape index (κ2) is 6.79. The Kier molecular flexibility index (Phi) is 4.57. The summed E-state index contributed by atoms with van der Waals surface area (Å²) >= 11 is 5.07. The van der Waals surface area contributed by atoms with E-state index in [9.17, 15) is 4.79 Å². The van der Waals surface area contributed by atoms with Crippen LogP contribution in [0.4, 0.5) is 5.69 Å². The molecule has 0 unspecified atom stereocenters. The van der Waals surface area contributed by atoms with Gasteiger partial charge in [0.2, 0.25) is 0 Å². The second-order valence-electron chi connectivity index (χ2n) is 5.64. The number of anilines is 1. The molecule has 23 heavy (non-hydrogen) atoms. The highest BCUT2D eigenvalue weighted by atomic mass is 32.1. The molecular formula is C18H18N2O2S. The van der Waals surface area contributed by atoms with Crippen LogP contribution in [0.3, 0.4) is 0 Å². The minimum absolute atomic E-state index is 0.243. The number of amides is 1. The Balaban J connectivity index is 1.56. The Hall–Kier alpha value is -2.40. The van der Waals surface area contributed by atoms with E-state index in [0.29, 0.717) is 17.5 Å². The minimum Gasteiger partial charge on any atom is -0.457 e. The highest BCUT2D eigenvalue weighted by Crippen LogP contribution is 2.23. The van der Waals surface area contributed by atoms with Crippen molar-refractivity contribution in [3.63, 3.8) is 0 Å². The van der Waals surface area contributed by atoms with E-state index >= 15 is 0 Å². The Morgan fingerprint density at radius 3 is 2.17 bits per heavy atom. The van der Waals surface area contributed by atoms with E-state index < -0.39 is 0 Å². The molecule has 0 spiro atoms. The van der Waals surface area contributed by atoms with Crippen LogP contribution in [0.1, 0.15) is 18.4 Å². The van der Waals surface area contributed by atoms with Crippen molar-refractivity contribution >= 4 is 28.8 Å². The maximum Gasteiger partial charge on any atom is 0.283 e. The maximum absolute atomic E-state index is 11.9. The molecule has 0 bridgehead atoms. The second-order valence-corrected chi connectivity index (χ2v) is 6.05. The lowest BCUT2D eigenvalue weighted by Gasteiger charge is -2.09. The van der Waals surface area contributed by atoms with Crippen molar-refractivity contribution in [3.8, 4) is 11.5 Å². The number of carbonyl (C=O) groups excluding carboxylic acids is 1. The zero-order chi connectivity index (χ0) is 16.2. The Bertz CT molecular complexity index is 707. The molecule has 1 fully saturated rings. The van der Waals surface area contributed by atoms with Gasteiger partial charge in [0.05, 0.1) is 0 Å². The first kappa shape index (κ1) is 15.5. The smallest absolute Gasteiger partial charge is 0.283 e. The van der Waals surface area contributed by atoms with Gasteiger partial charge < -0.3 is 15.4 Å². The van der Waals surface area contributed by atoms with Gasteiger partial charge in [-0.1, -0.05) is 29.9 Å². The van der Waals surface area contributed by atoms with E-state index in [-0.39, 0.29) is 10.9 Å². The van der Waals surface area contributed by atoms with Crippen LogP contribution in [0, 0.1) is 6.92 Å². The summed E-state index contributed by atoms with van der Waals surface area (Å²) in [5.41, 5.74) is 1.87. The fraction of sp³-hybridized carbons (Fsp3) is 0.222. The molecule has 5 heteroatoms.